The van der Waals surface area contributed by atoms with Crippen LogP contribution in [0.1, 0.15) is 38.7 Å². The van der Waals surface area contributed by atoms with Gasteiger partial charge in [0.15, 0.2) is 5.17 Å². The first-order valence-corrected chi connectivity index (χ1v) is 11.6. The van der Waals surface area contributed by atoms with Crippen molar-refractivity contribution in [2.24, 2.45) is 10.2 Å². The highest BCUT2D eigenvalue weighted by molar-refractivity contribution is 8.15. The fourth-order valence-electron chi connectivity index (χ4n) is 2.94. The quantitative estimate of drug-likeness (QED) is 0.326. The molecule has 1 aliphatic rings. The van der Waals surface area contributed by atoms with E-state index in [1.54, 1.807) is 19.2 Å². The molecule has 0 saturated carbocycles. The van der Waals surface area contributed by atoms with Crippen molar-refractivity contribution < 1.29 is 19.1 Å². The Bertz CT molecular complexity index is 1020. The van der Waals surface area contributed by atoms with Crippen LogP contribution in [0.15, 0.2) is 58.7 Å². The summed E-state index contributed by atoms with van der Waals surface area (Å²) < 4.78 is 10.8. The first kappa shape index (κ1) is 24.3. The van der Waals surface area contributed by atoms with Crippen molar-refractivity contribution in [3.8, 4) is 11.5 Å². The zero-order valence-corrected chi connectivity index (χ0v) is 19.8. The molecule has 2 amide bonds. The van der Waals surface area contributed by atoms with E-state index in [4.69, 9.17) is 9.47 Å². The number of carbonyl (C=O) groups excluding carboxylic acids is 2. The Hall–Kier alpha value is -3.33. The normalized spacial score (nSPS) is 17.4. The van der Waals surface area contributed by atoms with Crippen LogP contribution < -0.4 is 20.1 Å². The molecule has 0 bridgehead atoms. The number of benzene rings is 2. The Morgan fingerprint density at radius 1 is 1.15 bits per heavy atom. The number of hydrogen-bond donors (Lipinski definition) is 2. The largest absolute Gasteiger partial charge is 0.497 e. The molecule has 174 valence electrons. The summed E-state index contributed by atoms with van der Waals surface area (Å²) in [5, 5.41) is 13.6. The molecule has 1 unspecified atom stereocenters. The molecule has 0 aromatic heterocycles. The van der Waals surface area contributed by atoms with Gasteiger partial charge >= 0.3 is 0 Å². The van der Waals surface area contributed by atoms with Crippen molar-refractivity contribution in [2.45, 2.75) is 38.4 Å². The number of methoxy groups -OCH3 is 1. The van der Waals surface area contributed by atoms with E-state index in [-0.39, 0.29) is 18.2 Å². The fourth-order valence-corrected chi connectivity index (χ4v) is 3.87. The molecule has 1 saturated heterocycles. The van der Waals surface area contributed by atoms with E-state index in [9.17, 15) is 9.59 Å². The maximum Gasteiger partial charge on any atom is 0.238 e. The van der Waals surface area contributed by atoms with Crippen LogP contribution in [0.4, 0.5) is 5.69 Å². The van der Waals surface area contributed by atoms with Crippen molar-refractivity contribution >= 4 is 40.1 Å². The van der Waals surface area contributed by atoms with Crippen LogP contribution in [0.2, 0.25) is 0 Å². The lowest BCUT2D eigenvalue weighted by Crippen LogP contribution is -2.41. The lowest BCUT2D eigenvalue weighted by atomic mass is 10.1. The summed E-state index contributed by atoms with van der Waals surface area (Å²) in [6.45, 7) is 4.59. The Morgan fingerprint density at radius 2 is 1.85 bits per heavy atom. The third-order valence-electron chi connectivity index (χ3n) is 4.85. The van der Waals surface area contributed by atoms with Gasteiger partial charge in [0.05, 0.1) is 19.4 Å². The zero-order chi connectivity index (χ0) is 23.6. The van der Waals surface area contributed by atoms with Gasteiger partial charge in [-0.1, -0.05) is 25.1 Å². The number of ether oxygens (including phenoxy) is 2. The van der Waals surface area contributed by atoms with E-state index in [2.05, 4.69) is 27.8 Å². The van der Waals surface area contributed by atoms with Crippen molar-refractivity contribution in [2.75, 3.05) is 19.0 Å². The molecule has 1 fully saturated rings. The number of nitrogens with zero attached hydrogens (tertiary/aromatic N) is 2. The SMILES string of the molecule is CCCCOc1ccc(NC(=O)C2CC(=O)N/C(=N\N=C(C)c3ccc(OC)cc3)S2)cc1. The predicted octanol–water partition coefficient (Wildman–Crippen LogP) is 4.21. The molecular formula is C24H28N4O4S. The van der Waals surface area contributed by atoms with Crippen LogP contribution in [-0.4, -0.2) is 41.7 Å². The molecule has 2 N–H and O–H groups in total. The molecular weight excluding hydrogens is 440 g/mol. The standard InChI is InChI=1S/C24H28N4O4S/c1-4-5-14-32-20-12-8-18(9-13-20)25-23(30)21-15-22(29)26-24(33-21)28-27-16(2)17-6-10-19(31-3)11-7-17/h6-13,21H,4-5,14-15H2,1-3H3,(H,25,30)(H,26,28,29). The first-order valence-electron chi connectivity index (χ1n) is 10.8. The van der Waals surface area contributed by atoms with Gasteiger partial charge in [0.2, 0.25) is 11.8 Å². The van der Waals surface area contributed by atoms with Crippen molar-refractivity contribution in [3.05, 3.63) is 54.1 Å². The number of thioether (sulfide) groups is 1. The van der Waals surface area contributed by atoms with E-state index in [0.29, 0.717) is 23.2 Å². The molecule has 33 heavy (non-hydrogen) atoms. The van der Waals surface area contributed by atoms with E-state index < -0.39 is 5.25 Å². The van der Waals surface area contributed by atoms with Crippen LogP contribution in [0.5, 0.6) is 11.5 Å². The lowest BCUT2D eigenvalue weighted by molar-refractivity contribution is -0.123. The van der Waals surface area contributed by atoms with Crippen LogP contribution in [0.25, 0.3) is 0 Å². The number of unbranched alkanes of at least 4 members (excludes halogenated alkanes) is 1. The van der Waals surface area contributed by atoms with Gasteiger partial charge in [0, 0.05) is 12.1 Å². The highest BCUT2D eigenvalue weighted by Crippen LogP contribution is 2.23. The molecule has 8 nitrogen and oxygen atoms in total. The minimum atomic E-state index is -0.602. The number of amidine groups is 1. The lowest BCUT2D eigenvalue weighted by Gasteiger charge is -2.21. The number of nitrogens with one attached hydrogen (secondary N) is 2. The van der Waals surface area contributed by atoms with Gasteiger partial charge in [-0.25, -0.2) is 0 Å². The van der Waals surface area contributed by atoms with E-state index in [1.807, 2.05) is 43.3 Å². The smallest absolute Gasteiger partial charge is 0.238 e. The summed E-state index contributed by atoms with van der Waals surface area (Å²) in [6.07, 6.45) is 2.13. The molecule has 1 aliphatic heterocycles. The van der Waals surface area contributed by atoms with Gasteiger partial charge < -0.3 is 20.1 Å². The molecule has 0 spiro atoms. The molecule has 1 heterocycles. The number of anilines is 1. The number of rotatable bonds is 9. The molecule has 0 radical (unpaired) electrons. The van der Waals surface area contributed by atoms with Gasteiger partial charge in [-0.15, -0.1) is 5.10 Å². The van der Waals surface area contributed by atoms with Gasteiger partial charge in [-0.2, -0.15) is 5.10 Å². The van der Waals surface area contributed by atoms with Crippen molar-refractivity contribution in [1.29, 1.82) is 0 Å². The van der Waals surface area contributed by atoms with Crippen LogP contribution in [-0.2, 0) is 9.59 Å². The highest BCUT2D eigenvalue weighted by atomic mass is 32.2. The van der Waals surface area contributed by atoms with Crippen LogP contribution in [0.3, 0.4) is 0 Å². The second-order valence-electron chi connectivity index (χ2n) is 7.39. The Balaban J connectivity index is 1.60. The van der Waals surface area contributed by atoms with Crippen LogP contribution >= 0.6 is 11.8 Å². The minimum Gasteiger partial charge on any atom is -0.497 e. The third kappa shape index (κ3) is 7.35. The van der Waals surface area contributed by atoms with E-state index in [0.717, 1.165) is 29.9 Å². The average Bonchev–Trinajstić information content (AvgIpc) is 2.83. The molecule has 2 aromatic rings. The summed E-state index contributed by atoms with van der Waals surface area (Å²) in [5.41, 5.74) is 2.19. The maximum atomic E-state index is 12.7. The molecule has 3 rings (SSSR count). The first-order chi connectivity index (χ1) is 16.0. The topological polar surface area (TPSA) is 101 Å². The molecule has 0 aliphatic carbocycles. The van der Waals surface area contributed by atoms with Gasteiger partial charge in [0.25, 0.3) is 0 Å². The Kier molecular flexibility index (Phi) is 8.88. The number of carbonyl (C=O) groups is 2. The van der Waals surface area contributed by atoms with Gasteiger partial charge in [-0.3, -0.25) is 9.59 Å². The molecule has 9 heteroatoms. The second-order valence-corrected chi connectivity index (χ2v) is 8.58. The Labute approximate surface area is 197 Å². The zero-order valence-electron chi connectivity index (χ0n) is 19.0. The monoisotopic (exact) mass is 468 g/mol. The third-order valence-corrected chi connectivity index (χ3v) is 5.92. The Morgan fingerprint density at radius 3 is 2.52 bits per heavy atom. The molecule has 2 aromatic carbocycles. The average molecular weight is 469 g/mol. The van der Waals surface area contributed by atoms with E-state index >= 15 is 0 Å². The van der Waals surface area contributed by atoms with E-state index in [1.165, 1.54) is 11.8 Å². The maximum absolute atomic E-state index is 12.7. The summed E-state index contributed by atoms with van der Waals surface area (Å²) in [7, 11) is 1.61. The van der Waals surface area contributed by atoms with Crippen molar-refractivity contribution in [1.82, 2.24) is 5.32 Å². The predicted molar refractivity (Wildman–Crippen MR) is 132 cm³/mol. The molecule has 1 atom stereocenters. The summed E-state index contributed by atoms with van der Waals surface area (Å²) in [6, 6.07) is 14.6. The van der Waals surface area contributed by atoms with Crippen molar-refractivity contribution in [3.63, 3.8) is 0 Å². The van der Waals surface area contributed by atoms with Gasteiger partial charge in [0.1, 0.15) is 16.7 Å². The van der Waals surface area contributed by atoms with Crippen LogP contribution in [0, 0.1) is 0 Å². The summed E-state index contributed by atoms with van der Waals surface area (Å²) >= 11 is 1.18. The number of amides is 2. The second kappa shape index (κ2) is 12.1. The number of hydrogen-bond acceptors (Lipinski definition) is 7. The minimum absolute atomic E-state index is 0.0644. The summed E-state index contributed by atoms with van der Waals surface area (Å²) in [4.78, 5) is 24.9. The summed E-state index contributed by atoms with van der Waals surface area (Å²) in [5.74, 6) is 0.968. The highest BCUT2D eigenvalue weighted by Gasteiger charge is 2.30. The van der Waals surface area contributed by atoms with Gasteiger partial charge in [-0.05, 0) is 67.4 Å². The fraction of sp³-hybridized carbons (Fsp3) is 0.333.